The van der Waals surface area contributed by atoms with Crippen molar-refractivity contribution in [3.8, 4) is 0 Å². The first-order chi connectivity index (χ1) is 7.77. The van der Waals surface area contributed by atoms with Gasteiger partial charge in [-0.2, -0.15) is 0 Å². The first-order valence-electron chi connectivity index (χ1n) is 5.79. The third-order valence-corrected chi connectivity index (χ3v) is 2.96. The first-order valence-corrected chi connectivity index (χ1v) is 5.79. The molecule has 2 fully saturated rings. The molecule has 0 aromatic rings. The van der Waals surface area contributed by atoms with E-state index in [-0.39, 0.29) is 23.9 Å². The number of piperidine rings is 1. The second kappa shape index (κ2) is 5.27. The molecule has 6 heteroatoms. The molecule has 0 aromatic heterocycles. The monoisotopic (exact) mass is 226 g/mol. The summed E-state index contributed by atoms with van der Waals surface area (Å²) in [5, 5.41) is 11.8. The molecule has 0 bridgehead atoms. The average molecular weight is 226 g/mol. The standard InChI is InChI=1S/C10H18N4O2/c15-9-7(2-1-3-13-9)14-10(16)8-6-11-4-5-12-8/h7-8,11-12H,1-6H2,(H,13,15)(H,14,16). The van der Waals surface area contributed by atoms with Gasteiger partial charge in [-0.25, -0.2) is 0 Å². The van der Waals surface area contributed by atoms with Crippen molar-refractivity contribution in [2.45, 2.75) is 24.9 Å². The first kappa shape index (κ1) is 11.3. The molecule has 2 aliphatic heterocycles. The minimum atomic E-state index is -0.357. The summed E-state index contributed by atoms with van der Waals surface area (Å²) in [4.78, 5) is 23.3. The fourth-order valence-electron chi connectivity index (χ4n) is 2.02. The SMILES string of the molecule is O=C(NC1CCCNC1=O)C1CNCCN1. The molecule has 2 amide bonds. The molecule has 2 heterocycles. The predicted molar refractivity (Wildman–Crippen MR) is 58.8 cm³/mol. The molecule has 2 rings (SSSR count). The Morgan fingerprint density at radius 2 is 2.19 bits per heavy atom. The van der Waals surface area contributed by atoms with Crippen LogP contribution in [0.25, 0.3) is 0 Å². The topological polar surface area (TPSA) is 82.3 Å². The van der Waals surface area contributed by atoms with E-state index in [0.717, 1.165) is 25.9 Å². The summed E-state index contributed by atoms with van der Waals surface area (Å²) < 4.78 is 0. The lowest BCUT2D eigenvalue weighted by atomic mass is 10.1. The number of hydrogen-bond acceptors (Lipinski definition) is 4. The van der Waals surface area contributed by atoms with Gasteiger partial charge >= 0.3 is 0 Å². The van der Waals surface area contributed by atoms with Crippen LogP contribution < -0.4 is 21.3 Å². The minimum Gasteiger partial charge on any atom is -0.354 e. The zero-order valence-corrected chi connectivity index (χ0v) is 9.21. The molecule has 2 unspecified atom stereocenters. The summed E-state index contributed by atoms with van der Waals surface area (Å²) in [6, 6.07) is -0.576. The van der Waals surface area contributed by atoms with Gasteiger partial charge in [-0.3, -0.25) is 9.59 Å². The number of piperazine rings is 1. The summed E-state index contributed by atoms with van der Waals surface area (Å²) in [6.07, 6.45) is 1.66. The van der Waals surface area contributed by atoms with Gasteiger partial charge in [0.1, 0.15) is 6.04 Å². The van der Waals surface area contributed by atoms with Crippen molar-refractivity contribution in [3.63, 3.8) is 0 Å². The molecule has 0 spiro atoms. The fourth-order valence-corrected chi connectivity index (χ4v) is 2.02. The van der Waals surface area contributed by atoms with Crippen LogP contribution in [-0.4, -0.2) is 50.1 Å². The maximum Gasteiger partial charge on any atom is 0.242 e. The number of carbonyl (C=O) groups excluding carboxylic acids is 2. The highest BCUT2D eigenvalue weighted by atomic mass is 16.2. The molecule has 0 aromatic carbocycles. The van der Waals surface area contributed by atoms with Crippen molar-refractivity contribution < 1.29 is 9.59 Å². The van der Waals surface area contributed by atoms with E-state index in [1.807, 2.05) is 0 Å². The Kier molecular flexibility index (Phi) is 3.74. The van der Waals surface area contributed by atoms with Crippen LogP contribution in [0.5, 0.6) is 0 Å². The summed E-state index contributed by atoms with van der Waals surface area (Å²) >= 11 is 0. The average Bonchev–Trinajstić information content (AvgIpc) is 2.33. The van der Waals surface area contributed by atoms with Gasteiger partial charge in [-0.1, -0.05) is 0 Å². The number of hydrogen-bond donors (Lipinski definition) is 4. The van der Waals surface area contributed by atoms with E-state index >= 15 is 0 Å². The van der Waals surface area contributed by atoms with Crippen LogP contribution in [0.15, 0.2) is 0 Å². The lowest BCUT2D eigenvalue weighted by Crippen LogP contribution is -2.59. The van der Waals surface area contributed by atoms with Crippen LogP contribution in [0.2, 0.25) is 0 Å². The minimum absolute atomic E-state index is 0.0663. The van der Waals surface area contributed by atoms with Gasteiger partial charge in [0, 0.05) is 26.2 Å². The van der Waals surface area contributed by atoms with E-state index < -0.39 is 0 Å². The highest BCUT2D eigenvalue weighted by Gasteiger charge is 2.27. The summed E-state index contributed by atoms with van der Waals surface area (Å²) in [7, 11) is 0. The van der Waals surface area contributed by atoms with Gasteiger partial charge in [0.25, 0.3) is 0 Å². The fraction of sp³-hybridized carbons (Fsp3) is 0.800. The van der Waals surface area contributed by atoms with E-state index in [9.17, 15) is 9.59 Å². The zero-order valence-electron chi connectivity index (χ0n) is 9.21. The van der Waals surface area contributed by atoms with Crippen molar-refractivity contribution in [1.82, 2.24) is 21.3 Å². The van der Waals surface area contributed by atoms with Crippen LogP contribution in [0, 0.1) is 0 Å². The molecule has 2 saturated heterocycles. The van der Waals surface area contributed by atoms with Gasteiger partial charge in [-0.05, 0) is 12.8 Å². The molecule has 2 aliphatic rings. The van der Waals surface area contributed by atoms with E-state index in [4.69, 9.17) is 0 Å². The number of rotatable bonds is 2. The third kappa shape index (κ3) is 2.70. The van der Waals surface area contributed by atoms with Crippen molar-refractivity contribution >= 4 is 11.8 Å². The van der Waals surface area contributed by atoms with Crippen molar-refractivity contribution in [3.05, 3.63) is 0 Å². The van der Waals surface area contributed by atoms with Crippen molar-refractivity contribution in [1.29, 1.82) is 0 Å². The normalized spacial score (nSPS) is 30.6. The zero-order chi connectivity index (χ0) is 11.4. The largest absolute Gasteiger partial charge is 0.354 e. The highest BCUT2D eigenvalue weighted by Crippen LogP contribution is 2.03. The second-order valence-electron chi connectivity index (χ2n) is 4.21. The van der Waals surface area contributed by atoms with Gasteiger partial charge in [0.05, 0.1) is 6.04 Å². The van der Waals surface area contributed by atoms with Crippen LogP contribution in [0.1, 0.15) is 12.8 Å². The number of amides is 2. The Morgan fingerprint density at radius 1 is 1.31 bits per heavy atom. The second-order valence-corrected chi connectivity index (χ2v) is 4.21. The van der Waals surface area contributed by atoms with Crippen molar-refractivity contribution in [2.75, 3.05) is 26.2 Å². The molecule has 2 atom stereocenters. The van der Waals surface area contributed by atoms with E-state index in [0.29, 0.717) is 13.1 Å². The lowest BCUT2D eigenvalue weighted by Gasteiger charge is -2.27. The lowest BCUT2D eigenvalue weighted by molar-refractivity contribution is -0.131. The summed E-state index contributed by atoms with van der Waals surface area (Å²) in [6.45, 7) is 3.01. The maximum atomic E-state index is 11.8. The van der Waals surface area contributed by atoms with Gasteiger partial charge in [0.15, 0.2) is 0 Å². The van der Waals surface area contributed by atoms with Gasteiger partial charge < -0.3 is 21.3 Å². The van der Waals surface area contributed by atoms with Gasteiger partial charge in [0.2, 0.25) is 11.8 Å². The summed E-state index contributed by atoms with van der Waals surface area (Å²) in [5.41, 5.74) is 0. The Balaban J connectivity index is 1.83. The van der Waals surface area contributed by atoms with E-state index in [1.54, 1.807) is 0 Å². The van der Waals surface area contributed by atoms with Gasteiger partial charge in [-0.15, -0.1) is 0 Å². The van der Waals surface area contributed by atoms with Crippen LogP contribution in [0.4, 0.5) is 0 Å². The molecular weight excluding hydrogens is 208 g/mol. The predicted octanol–water partition coefficient (Wildman–Crippen LogP) is -2.06. The third-order valence-electron chi connectivity index (χ3n) is 2.96. The quantitative estimate of drug-likeness (QED) is 0.436. The number of nitrogens with one attached hydrogen (secondary N) is 4. The maximum absolute atomic E-state index is 11.8. The molecule has 16 heavy (non-hydrogen) atoms. The summed E-state index contributed by atoms with van der Waals surface area (Å²) in [5.74, 6) is -0.155. The molecule has 90 valence electrons. The highest BCUT2D eigenvalue weighted by molar-refractivity contribution is 5.90. The molecular formula is C10H18N4O2. The van der Waals surface area contributed by atoms with Crippen LogP contribution >= 0.6 is 0 Å². The number of carbonyl (C=O) groups is 2. The van der Waals surface area contributed by atoms with E-state index in [1.165, 1.54) is 0 Å². The Hall–Kier alpha value is -1.14. The molecule has 6 nitrogen and oxygen atoms in total. The Bertz CT molecular complexity index is 276. The van der Waals surface area contributed by atoms with Crippen LogP contribution in [0.3, 0.4) is 0 Å². The molecule has 0 radical (unpaired) electrons. The molecule has 4 N–H and O–H groups in total. The van der Waals surface area contributed by atoms with Crippen molar-refractivity contribution in [2.24, 2.45) is 0 Å². The Morgan fingerprint density at radius 3 is 2.88 bits per heavy atom. The van der Waals surface area contributed by atoms with E-state index in [2.05, 4.69) is 21.3 Å². The molecule has 0 saturated carbocycles. The van der Waals surface area contributed by atoms with Crippen LogP contribution in [-0.2, 0) is 9.59 Å². The Labute approximate surface area is 94.5 Å². The molecule has 0 aliphatic carbocycles. The smallest absolute Gasteiger partial charge is 0.242 e.